The van der Waals surface area contributed by atoms with Gasteiger partial charge >= 0.3 is 0 Å². The SMILES string of the molecule is C.C.C.C.C.C.C.C.C.C.C.C.C.C.C.C.C.C.C.C.C.C.C.C.C.C.C.C.C.C.C.C.C.C.C.C.C.C.C.C.C.C.C.C.C.C.C.C.C.C.C.C.C.C.C.C.C.C.C.C.C.C.C.C.C.C.C.C.C.C.C.C.C.C.C.C.C.C.C. The molecule has 632 valence electrons. The van der Waals surface area contributed by atoms with Gasteiger partial charge in [-0.1, -0.05) is 587 Å². The standard InChI is InChI=1S/79CH4/h79*1H4. The van der Waals surface area contributed by atoms with E-state index < -0.39 is 0 Å². The van der Waals surface area contributed by atoms with Crippen LogP contribution in [-0.4, -0.2) is 0 Å². The molecule has 0 rings (SSSR count). The van der Waals surface area contributed by atoms with Crippen LogP contribution in [0.15, 0.2) is 0 Å². The van der Waals surface area contributed by atoms with Crippen LogP contribution in [0.5, 0.6) is 0 Å². The van der Waals surface area contributed by atoms with Gasteiger partial charge in [-0.2, -0.15) is 0 Å². The second kappa shape index (κ2) is 0. The smallest absolute Gasteiger partial charge is 0.0776 e. The van der Waals surface area contributed by atoms with E-state index in [2.05, 4.69) is 0 Å². The molecule has 0 saturated heterocycles. The van der Waals surface area contributed by atoms with Crippen molar-refractivity contribution in [2.24, 2.45) is 0 Å². The number of hydrogen-bond acceptors (Lipinski definition) is 0. The molecule has 0 unspecified atom stereocenters. The molecule has 0 aromatic rings. The molecule has 0 aromatic carbocycles. The van der Waals surface area contributed by atoms with Gasteiger partial charge in [0.2, 0.25) is 0 Å². The molecule has 0 fully saturated rings. The summed E-state index contributed by atoms with van der Waals surface area (Å²) in [6, 6.07) is 0. The predicted molar refractivity (Wildman–Crippen MR) is 532 cm³/mol. The van der Waals surface area contributed by atoms with Crippen LogP contribution >= 0.6 is 0 Å². The van der Waals surface area contributed by atoms with Crippen LogP contribution in [0.1, 0.15) is 587 Å². The van der Waals surface area contributed by atoms with E-state index in [0.717, 1.165) is 0 Å². The zero-order valence-electron chi connectivity index (χ0n) is 0. The summed E-state index contributed by atoms with van der Waals surface area (Å²) in [6.07, 6.45) is 0. The molecule has 0 saturated carbocycles. The maximum absolute atomic E-state index is 0. The molecule has 0 aliphatic rings. The van der Waals surface area contributed by atoms with Gasteiger partial charge in [0.1, 0.15) is 0 Å². The minimum atomic E-state index is 0. The largest absolute Gasteiger partial charge is 0.0776 e. The Balaban J connectivity index is 0. The molecule has 79 heavy (non-hydrogen) atoms. The van der Waals surface area contributed by atoms with Crippen molar-refractivity contribution in [1.29, 1.82) is 0 Å². The fourth-order valence-corrected chi connectivity index (χ4v) is 0. The molecule has 0 amide bonds. The minimum absolute atomic E-state index is 0. The summed E-state index contributed by atoms with van der Waals surface area (Å²) in [4.78, 5) is 0. The Morgan fingerprint density at radius 1 is 0.0127 bits per heavy atom. The summed E-state index contributed by atoms with van der Waals surface area (Å²) < 4.78 is 0. The highest BCUT2D eigenvalue weighted by atomic mass is 12.1. The van der Waals surface area contributed by atoms with E-state index >= 15 is 0 Å². The van der Waals surface area contributed by atoms with E-state index in [9.17, 15) is 0 Å². The van der Waals surface area contributed by atoms with E-state index in [4.69, 9.17) is 0 Å². The van der Waals surface area contributed by atoms with Crippen LogP contribution in [0.4, 0.5) is 0 Å². The fourth-order valence-electron chi connectivity index (χ4n) is 0. The maximum atomic E-state index is 0. The lowest BCUT2D eigenvalue weighted by Gasteiger charge is -0.0786. The molecule has 0 atom stereocenters. The normalized spacial score (nSPS) is 0. The van der Waals surface area contributed by atoms with Gasteiger partial charge in [0.25, 0.3) is 0 Å². The Hall–Kier alpha value is 0. The molecule has 0 heteroatoms. The molecule has 0 heterocycles. The highest BCUT2D eigenvalue weighted by molar-refractivity contribution is 2.58. The molecule has 0 aliphatic heterocycles. The van der Waals surface area contributed by atoms with E-state index in [0.29, 0.717) is 0 Å². The third-order valence-electron chi connectivity index (χ3n) is 0. The van der Waals surface area contributed by atoms with Gasteiger partial charge in [-0.3, -0.25) is 0 Å². The zero-order valence-corrected chi connectivity index (χ0v) is 0. The van der Waals surface area contributed by atoms with Gasteiger partial charge in [0, 0.05) is 0 Å². The molecule has 0 aliphatic carbocycles. The molecule has 0 aromatic heterocycles. The van der Waals surface area contributed by atoms with Crippen LogP contribution < -0.4 is 0 Å². The Bertz CT molecular complexity index is 0. The van der Waals surface area contributed by atoms with Crippen molar-refractivity contribution in [3.63, 3.8) is 0 Å². The first-order chi connectivity index (χ1) is 0. The van der Waals surface area contributed by atoms with Crippen LogP contribution in [0.25, 0.3) is 0 Å². The van der Waals surface area contributed by atoms with Crippen LogP contribution in [0, 0.1) is 0 Å². The first kappa shape index (κ1) is 0. The van der Waals surface area contributed by atoms with Crippen LogP contribution in [0.2, 0.25) is 0 Å². The lowest BCUT2D eigenvalue weighted by molar-refractivity contribution is 2.50. The monoisotopic (exact) mass is 1270 g/mol. The molecule has 0 bridgehead atoms. The van der Waals surface area contributed by atoms with Crippen LogP contribution in [0.3, 0.4) is 0 Å². The summed E-state index contributed by atoms with van der Waals surface area (Å²) >= 11 is 0. The lowest BCUT2D eigenvalue weighted by atomic mass is 12.0. The average molecular weight is 1270 g/mol. The summed E-state index contributed by atoms with van der Waals surface area (Å²) in [5, 5.41) is 0. The fraction of sp³-hybridized carbons (Fsp3) is 1.00. The Morgan fingerprint density at radius 2 is 0.0127 bits per heavy atom. The topological polar surface area (TPSA) is 0 Å². The second-order valence-electron chi connectivity index (χ2n) is 0. The quantitative estimate of drug-likeness (QED) is 0.227. The van der Waals surface area contributed by atoms with Crippen molar-refractivity contribution >= 4 is 0 Å². The third-order valence-corrected chi connectivity index (χ3v) is 0. The van der Waals surface area contributed by atoms with Crippen LogP contribution in [-0.2, 0) is 0 Å². The summed E-state index contributed by atoms with van der Waals surface area (Å²) in [5.74, 6) is 0. The van der Waals surface area contributed by atoms with Gasteiger partial charge in [-0.25, -0.2) is 0 Å². The molecule has 0 radical (unpaired) electrons. The Kier molecular flexibility index (Phi) is 0. The average Bonchev–Trinajstić information content (AvgIpc) is 0. The maximum Gasteiger partial charge on any atom is -0.0776 e. The van der Waals surface area contributed by atoms with Gasteiger partial charge in [-0.05, 0) is 0 Å². The highest BCUT2D eigenvalue weighted by Gasteiger charge is 0.000442. The molecular weight excluding hydrogens is 949 g/mol. The van der Waals surface area contributed by atoms with Crippen molar-refractivity contribution < 1.29 is 0 Å². The first-order valence-electron chi connectivity index (χ1n) is 0. The highest BCUT2D eigenvalue weighted by Crippen LogP contribution is 0.222. The predicted octanol–water partition coefficient (Wildman–Crippen LogP) is 50.3. The van der Waals surface area contributed by atoms with Crippen molar-refractivity contribution in [2.75, 3.05) is 0 Å². The Labute approximate surface area is 584 Å². The number of rotatable bonds is 0. The minimum Gasteiger partial charge on any atom is -0.0776 e. The van der Waals surface area contributed by atoms with E-state index in [1.165, 1.54) is 0 Å². The van der Waals surface area contributed by atoms with Gasteiger partial charge in [-0.15, -0.1) is 0 Å². The molecule has 0 N–H and O–H groups in total. The van der Waals surface area contributed by atoms with E-state index in [-0.39, 0.29) is 587 Å². The second-order valence-corrected chi connectivity index (χ2v) is 0. The Morgan fingerprint density at radius 3 is 0.0127 bits per heavy atom. The zero-order chi connectivity index (χ0) is 0. The van der Waals surface area contributed by atoms with E-state index in [1.54, 1.807) is 0 Å². The van der Waals surface area contributed by atoms with Crippen molar-refractivity contribution in [3.05, 3.63) is 0 Å². The summed E-state index contributed by atoms with van der Waals surface area (Å²) in [5.41, 5.74) is 0. The van der Waals surface area contributed by atoms with E-state index in [1.807, 2.05) is 0 Å². The number of hydrogen-bond donors (Lipinski definition) is 0. The van der Waals surface area contributed by atoms with Gasteiger partial charge in [0.15, 0.2) is 0 Å². The molecule has 0 spiro atoms. The van der Waals surface area contributed by atoms with Gasteiger partial charge in [0.05, 0.1) is 0 Å². The third kappa shape index (κ3) is 0. The summed E-state index contributed by atoms with van der Waals surface area (Å²) in [7, 11) is 0. The van der Waals surface area contributed by atoms with Crippen molar-refractivity contribution in [3.8, 4) is 0 Å². The van der Waals surface area contributed by atoms with Gasteiger partial charge < -0.3 is 0 Å². The molecular formula is C79H316. The van der Waals surface area contributed by atoms with Crippen molar-refractivity contribution in [2.45, 2.75) is 587 Å². The lowest BCUT2D eigenvalue weighted by Crippen LogP contribution is 0.143. The summed E-state index contributed by atoms with van der Waals surface area (Å²) in [6.45, 7) is 0. The van der Waals surface area contributed by atoms with Crippen molar-refractivity contribution in [1.82, 2.24) is 0 Å². The molecule has 0 nitrogen and oxygen atoms in total. The first-order valence-corrected chi connectivity index (χ1v) is 0.